The van der Waals surface area contributed by atoms with Gasteiger partial charge in [-0.15, -0.1) is 11.6 Å². The number of benzene rings is 1. The van der Waals surface area contributed by atoms with Crippen molar-refractivity contribution in [2.24, 2.45) is 5.92 Å². The Morgan fingerprint density at radius 3 is 2.65 bits per heavy atom. The Bertz CT molecular complexity index is 519. The van der Waals surface area contributed by atoms with E-state index < -0.39 is 0 Å². The van der Waals surface area contributed by atoms with Gasteiger partial charge in [0.25, 0.3) is 0 Å². The highest BCUT2D eigenvalue weighted by atomic mass is 35.5. The number of aryl methyl sites for hydroxylation is 1. The zero-order chi connectivity index (χ0) is 14.4. The van der Waals surface area contributed by atoms with E-state index in [0.29, 0.717) is 18.3 Å². The molecular formula is C15H21ClN4. The summed E-state index contributed by atoms with van der Waals surface area (Å²) in [5, 5.41) is 7.63. The first-order chi connectivity index (χ1) is 9.69. The Morgan fingerprint density at radius 2 is 2.00 bits per heavy atom. The first-order valence-electron chi connectivity index (χ1n) is 6.94. The second-order valence-electron chi connectivity index (χ2n) is 5.24. The number of rotatable bonds is 7. The average Bonchev–Trinajstić information content (AvgIpc) is 2.85. The highest BCUT2D eigenvalue weighted by molar-refractivity contribution is 6.17. The van der Waals surface area contributed by atoms with Crippen molar-refractivity contribution in [2.45, 2.75) is 33.4 Å². The molecule has 0 spiro atoms. The third kappa shape index (κ3) is 4.23. The Labute approximate surface area is 125 Å². The maximum absolute atomic E-state index is 5.73. The molecule has 0 unspecified atom stereocenters. The molecule has 2 rings (SSSR count). The zero-order valence-electron chi connectivity index (χ0n) is 12.0. The van der Waals surface area contributed by atoms with E-state index in [1.165, 1.54) is 5.56 Å². The number of aromatic nitrogens is 3. The van der Waals surface area contributed by atoms with Crippen LogP contribution >= 0.6 is 11.6 Å². The summed E-state index contributed by atoms with van der Waals surface area (Å²) in [6.07, 6.45) is 2.52. The minimum atomic E-state index is 0.560. The summed E-state index contributed by atoms with van der Waals surface area (Å²) in [6, 6.07) is 8.35. The Balaban J connectivity index is 1.93. The van der Waals surface area contributed by atoms with E-state index in [2.05, 4.69) is 53.5 Å². The number of anilines is 1. The fourth-order valence-corrected chi connectivity index (χ4v) is 2.22. The van der Waals surface area contributed by atoms with E-state index in [4.69, 9.17) is 11.6 Å². The van der Waals surface area contributed by atoms with Crippen LogP contribution in [0.2, 0.25) is 0 Å². The lowest BCUT2D eigenvalue weighted by atomic mass is 10.1. The summed E-state index contributed by atoms with van der Waals surface area (Å²) in [6.45, 7) is 5.93. The van der Waals surface area contributed by atoms with Gasteiger partial charge in [0.1, 0.15) is 12.2 Å². The topological polar surface area (TPSA) is 42.7 Å². The number of alkyl halides is 1. The molecule has 1 aromatic heterocycles. The van der Waals surface area contributed by atoms with Gasteiger partial charge >= 0.3 is 0 Å². The van der Waals surface area contributed by atoms with E-state index in [1.54, 1.807) is 6.33 Å². The molecule has 2 aromatic rings. The summed E-state index contributed by atoms with van der Waals surface area (Å²) < 4.78 is 1.96. The lowest BCUT2D eigenvalue weighted by Gasteiger charge is -2.10. The maximum Gasteiger partial charge on any atom is 0.146 e. The van der Waals surface area contributed by atoms with Crippen molar-refractivity contribution in [3.05, 3.63) is 42.0 Å². The smallest absolute Gasteiger partial charge is 0.146 e. The molecule has 0 aliphatic rings. The van der Waals surface area contributed by atoms with Crippen LogP contribution in [0.1, 0.15) is 25.2 Å². The molecule has 5 heteroatoms. The SMILES string of the molecule is CC(C)Cn1ncnc1CNc1ccc(CCCl)cc1. The Morgan fingerprint density at radius 1 is 1.25 bits per heavy atom. The molecule has 108 valence electrons. The van der Waals surface area contributed by atoms with E-state index in [1.807, 2.05) is 4.68 Å². The number of halogens is 1. The predicted octanol–water partition coefficient (Wildman–Crippen LogP) is 3.33. The molecule has 20 heavy (non-hydrogen) atoms. The monoisotopic (exact) mass is 292 g/mol. The van der Waals surface area contributed by atoms with Crippen molar-refractivity contribution in [3.63, 3.8) is 0 Å². The minimum Gasteiger partial charge on any atom is -0.378 e. The Hall–Kier alpha value is -1.55. The third-order valence-corrected chi connectivity index (χ3v) is 3.21. The van der Waals surface area contributed by atoms with Crippen LogP contribution in [-0.4, -0.2) is 20.6 Å². The van der Waals surface area contributed by atoms with Gasteiger partial charge < -0.3 is 5.32 Å². The van der Waals surface area contributed by atoms with Crippen LogP contribution in [0.3, 0.4) is 0 Å². The average molecular weight is 293 g/mol. The van der Waals surface area contributed by atoms with Crippen LogP contribution in [0, 0.1) is 5.92 Å². The van der Waals surface area contributed by atoms with Crippen LogP contribution in [0.4, 0.5) is 5.69 Å². The lowest BCUT2D eigenvalue weighted by Crippen LogP contribution is -2.13. The normalized spacial score (nSPS) is 11.0. The Kier molecular flexibility index (Phi) is 5.41. The molecule has 0 bridgehead atoms. The second-order valence-corrected chi connectivity index (χ2v) is 5.62. The number of nitrogens with zero attached hydrogens (tertiary/aromatic N) is 3. The van der Waals surface area contributed by atoms with Gasteiger partial charge in [0, 0.05) is 18.1 Å². The lowest BCUT2D eigenvalue weighted by molar-refractivity contribution is 0.468. The molecule has 0 saturated carbocycles. The standard InChI is InChI=1S/C15H21ClN4/c1-12(2)10-20-15(18-11-19-20)9-17-14-5-3-13(4-6-14)7-8-16/h3-6,11-12,17H,7-10H2,1-2H3. The summed E-state index contributed by atoms with van der Waals surface area (Å²) in [5.41, 5.74) is 2.34. The van der Waals surface area contributed by atoms with Crippen LogP contribution in [0.5, 0.6) is 0 Å². The van der Waals surface area contributed by atoms with Crippen LogP contribution in [0.15, 0.2) is 30.6 Å². The molecule has 1 N–H and O–H groups in total. The van der Waals surface area contributed by atoms with Gasteiger partial charge in [-0.2, -0.15) is 5.10 Å². The second kappa shape index (κ2) is 7.29. The van der Waals surface area contributed by atoms with Crippen molar-refractivity contribution in [1.29, 1.82) is 0 Å². The molecule has 0 aliphatic heterocycles. The van der Waals surface area contributed by atoms with Crippen molar-refractivity contribution in [2.75, 3.05) is 11.2 Å². The molecule has 4 nitrogen and oxygen atoms in total. The fourth-order valence-electron chi connectivity index (χ4n) is 2.00. The molecule has 0 saturated heterocycles. The molecule has 1 heterocycles. The van der Waals surface area contributed by atoms with Gasteiger partial charge in [0.2, 0.25) is 0 Å². The highest BCUT2D eigenvalue weighted by Crippen LogP contribution is 2.12. The third-order valence-electron chi connectivity index (χ3n) is 3.02. The maximum atomic E-state index is 5.73. The van der Waals surface area contributed by atoms with Crippen LogP contribution in [0.25, 0.3) is 0 Å². The van der Waals surface area contributed by atoms with Gasteiger partial charge in [-0.3, -0.25) is 0 Å². The van der Waals surface area contributed by atoms with E-state index in [-0.39, 0.29) is 0 Å². The first-order valence-corrected chi connectivity index (χ1v) is 7.48. The van der Waals surface area contributed by atoms with E-state index in [9.17, 15) is 0 Å². The number of hydrogen-bond acceptors (Lipinski definition) is 3. The molecule has 1 aromatic carbocycles. The fraction of sp³-hybridized carbons (Fsp3) is 0.467. The van der Waals surface area contributed by atoms with E-state index >= 15 is 0 Å². The molecule has 0 amide bonds. The number of nitrogens with one attached hydrogen (secondary N) is 1. The van der Waals surface area contributed by atoms with Gasteiger partial charge in [-0.1, -0.05) is 26.0 Å². The highest BCUT2D eigenvalue weighted by Gasteiger charge is 2.05. The molecule has 0 aliphatic carbocycles. The minimum absolute atomic E-state index is 0.560. The molecule has 0 fully saturated rings. The van der Waals surface area contributed by atoms with Crippen molar-refractivity contribution >= 4 is 17.3 Å². The van der Waals surface area contributed by atoms with Crippen molar-refractivity contribution in [3.8, 4) is 0 Å². The molecule has 0 atom stereocenters. The van der Waals surface area contributed by atoms with E-state index in [0.717, 1.165) is 24.5 Å². The summed E-state index contributed by atoms with van der Waals surface area (Å²) in [4.78, 5) is 4.30. The summed E-state index contributed by atoms with van der Waals surface area (Å²) >= 11 is 5.73. The summed E-state index contributed by atoms with van der Waals surface area (Å²) in [7, 11) is 0. The summed E-state index contributed by atoms with van der Waals surface area (Å²) in [5.74, 6) is 2.18. The predicted molar refractivity (Wildman–Crippen MR) is 83.1 cm³/mol. The van der Waals surface area contributed by atoms with Gasteiger partial charge in [-0.05, 0) is 30.0 Å². The van der Waals surface area contributed by atoms with Crippen molar-refractivity contribution in [1.82, 2.24) is 14.8 Å². The quantitative estimate of drug-likeness (QED) is 0.796. The van der Waals surface area contributed by atoms with Gasteiger partial charge in [-0.25, -0.2) is 9.67 Å². The number of hydrogen-bond donors (Lipinski definition) is 1. The first kappa shape index (κ1) is 14.9. The van der Waals surface area contributed by atoms with Crippen LogP contribution < -0.4 is 5.32 Å². The molecule has 0 radical (unpaired) electrons. The van der Waals surface area contributed by atoms with Gasteiger partial charge in [0.05, 0.1) is 6.54 Å². The van der Waals surface area contributed by atoms with Crippen LogP contribution in [-0.2, 0) is 19.5 Å². The largest absolute Gasteiger partial charge is 0.378 e. The zero-order valence-corrected chi connectivity index (χ0v) is 12.8. The van der Waals surface area contributed by atoms with Crippen molar-refractivity contribution < 1.29 is 0 Å². The van der Waals surface area contributed by atoms with Gasteiger partial charge in [0.15, 0.2) is 0 Å². The molecular weight excluding hydrogens is 272 g/mol.